The quantitative estimate of drug-likeness (QED) is 0.323. The lowest BCUT2D eigenvalue weighted by atomic mass is 10.2. The Morgan fingerprint density at radius 1 is 1.26 bits per heavy atom. The van der Waals surface area contributed by atoms with Crippen LogP contribution in [0, 0.1) is 0 Å². The van der Waals surface area contributed by atoms with Crippen LogP contribution in [0.25, 0.3) is 0 Å². The lowest BCUT2D eigenvalue weighted by Gasteiger charge is -2.26. The van der Waals surface area contributed by atoms with Crippen molar-refractivity contribution >= 4 is 12.3 Å². The minimum Gasteiger partial charge on any atom is -0.395 e. The molecule has 8 nitrogen and oxygen atoms in total. The second-order valence-electron chi connectivity index (χ2n) is 7.29. The minimum atomic E-state index is -0.406. The van der Waals surface area contributed by atoms with Crippen LogP contribution in [0.4, 0.5) is 0 Å². The number of pyridine rings is 1. The number of carbonyl (C=O) groups excluding carboxylic acids is 2. The lowest BCUT2D eigenvalue weighted by Crippen LogP contribution is -2.33. The maximum Gasteiger partial charge on any atom is 0.252 e. The summed E-state index contributed by atoms with van der Waals surface area (Å²) in [6, 6.07) is 2.86. The molecule has 0 aliphatic carbocycles. The van der Waals surface area contributed by atoms with Gasteiger partial charge in [0, 0.05) is 31.9 Å². The first-order valence-electron chi connectivity index (χ1n) is 9.27. The van der Waals surface area contributed by atoms with Crippen LogP contribution < -0.4 is 10.9 Å². The molecule has 1 heterocycles. The van der Waals surface area contributed by atoms with Gasteiger partial charge in [0.2, 0.25) is 6.41 Å². The number of aromatic nitrogens is 1. The molecule has 0 bridgehead atoms. The maximum atomic E-state index is 11.9. The van der Waals surface area contributed by atoms with Crippen molar-refractivity contribution in [3.05, 3.63) is 34.2 Å². The normalized spacial score (nSPS) is 11.3. The van der Waals surface area contributed by atoms with Gasteiger partial charge < -0.3 is 15.0 Å². The number of hydrogen-bond acceptors (Lipinski definition) is 5. The topological polar surface area (TPSA) is 101 Å². The summed E-state index contributed by atoms with van der Waals surface area (Å²) in [5.41, 5.74) is -0.167. The highest BCUT2D eigenvalue weighted by molar-refractivity contribution is 5.93. The van der Waals surface area contributed by atoms with Gasteiger partial charge in [-0.25, -0.2) is 5.06 Å². The van der Waals surface area contributed by atoms with Crippen molar-refractivity contribution in [3.63, 3.8) is 0 Å². The Morgan fingerprint density at radius 3 is 2.59 bits per heavy atom. The SMILES string of the molecule is CC(C)(C)ON(C=O)CCCCCCn1cc(C(=O)NCCO)ccc1=O. The van der Waals surface area contributed by atoms with Crippen LogP contribution in [-0.2, 0) is 16.2 Å². The number of amides is 2. The van der Waals surface area contributed by atoms with E-state index in [-0.39, 0.29) is 24.6 Å². The summed E-state index contributed by atoms with van der Waals surface area (Å²) >= 11 is 0. The highest BCUT2D eigenvalue weighted by atomic mass is 16.7. The van der Waals surface area contributed by atoms with E-state index in [1.807, 2.05) is 20.8 Å². The molecule has 0 unspecified atom stereocenters. The third-order valence-electron chi connectivity index (χ3n) is 3.68. The van der Waals surface area contributed by atoms with E-state index in [1.54, 1.807) is 6.20 Å². The van der Waals surface area contributed by atoms with Gasteiger partial charge in [0.15, 0.2) is 0 Å². The van der Waals surface area contributed by atoms with Gasteiger partial charge in [-0.05, 0) is 39.7 Å². The van der Waals surface area contributed by atoms with Crippen molar-refractivity contribution in [1.29, 1.82) is 0 Å². The molecule has 1 aromatic heterocycles. The second kappa shape index (κ2) is 11.5. The van der Waals surface area contributed by atoms with E-state index in [0.717, 1.165) is 25.7 Å². The number of unbranched alkanes of at least 4 members (excludes halogenated alkanes) is 3. The standard InChI is InChI=1S/C19H31N3O5/c1-19(2,3)27-22(15-24)12-7-5-4-6-11-21-14-16(8-9-17(21)25)18(26)20-10-13-23/h8-9,14-15,23H,4-7,10-13H2,1-3H3,(H,20,26). The summed E-state index contributed by atoms with van der Waals surface area (Å²) in [5.74, 6) is -0.314. The van der Waals surface area contributed by atoms with Crippen molar-refractivity contribution in [2.24, 2.45) is 0 Å². The van der Waals surface area contributed by atoms with E-state index < -0.39 is 5.60 Å². The van der Waals surface area contributed by atoms with Gasteiger partial charge in [-0.2, -0.15) is 0 Å². The molecule has 0 aliphatic rings. The first-order valence-corrected chi connectivity index (χ1v) is 9.27. The van der Waals surface area contributed by atoms with Gasteiger partial charge in [-0.15, -0.1) is 0 Å². The van der Waals surface area contributed by atoms with Crippen LogP contribution in [0.15, 0.2) is 23.1 Å². The summed E-state index contributed by atoms with van der Waals surface area (Å²) < 4.78 is 1.52. The predicted molar refractivity (Wildman–Crippen MR) is 102 cm³/mol. The Kier molecular flexibility index (Phi) is 9.74. The predicted octanol–water partition coefficient (Wildman–Crippen LogP) is 1.32. The Morgan fingerprint density at radius 2 is 1.96 bits per heavy atom. The van der Waals surface area contributed by atoms with Crippen LogP contribution in [-0.4, -0.2) is 52.4 Å². The van der Waals surface area contributed by atoms with Crippen LogP contribution in [0.5, 0.6) is 0 Å². The lowest BCUT2D eigenvalue weighted by molar-refractivity contribution is -0.216. The monoisotopic (exact) mass is 381 g/mol. The number of aryl methyl sites for hydroxylation is 1. The smallest absolute Gasteiger partial charge is 0.252 e. The highest BCUT2D eigenvalue weighted by Gasteiger charge is 2.15. The average molecular weight is 381 g/mol. The molecule has 8 heteroatoms. The van der Waals surface area contributed by atoms with Crippen LogP contribution in [0.3, 0.4) is 0 Å². The molecule has 1 rings (SSSR count). The van der Waals surface area contributed by atoms with Gasteiger partial charge in [0.05, 0.1) is 17.8 Å². The average Bonchev–Trinajstić information content (AvgIpc) is 2.61. The molecule has 2 N–H and O–H groups in total. The van der Waals surface area contributed by atoms with Crippen molar-refractivity contribution in [3.8, 4) is 0 Å². The molecule has 0 saturated heterocycles. The number of nitrogens with zero attached hydrogens (tertiary/aromatic N) is 2. The molecule has 0 aromatic carbocycles. The number of nitrogens with one attached hydrogen (secondary N) is 1. The Bertz CT molecular complexity index is 651. The molecule has 152 valence electrons. The van der Waals surface area contributed by atoms with Gasteiger partial charge >= 0.3 is 0 Å². The fourth-order valence-corrected chi connectivity index (χ4v) is 2.49. The van der Waals surface area contributed by atoms with E-state index in [4.69, 9.17) is 9.94 Å². The second-order valence-corrected chi connectivity index (χ2v) is 7.29. The molecule has 0 spiro atoms. The molecule has 0 saturated carbocycles. The van der Waals surface area contributed by atoms with E-state index in [1.165, 1.54) is 21.8 Å². The van der Waals surface area contributed by atoms with Gasteiger partial charge in [0.25, 0.3) is 11.5 Å². The third kappa shape index (κ3) is 9.35. The molecule has 1 aromatic rings. The van der Waals surface area contributed by atoms with Crippen LogP contribution in [0.1, 0.15) is 56.8 Å². The highest BCUT2D eigenvalue weighted by Crippen LogP contribution is 2.10. The van der Waals surface area contributed by atoms with Crippen molar-refractivity contribution in [2.75, 3.05) is 19.7 Å². The third-order valence-corrected chi connectivity index (χ3v) is 3.68. The van der Waals surface area contributed by atoms with Gasteiger partial charge in [-0.3, -0.25) is 19.2 Å². The number of hydroxylamine groups is 2. The zero-order valence-corrected chi connectivity index (χ0v) is 16.4. The maximum absolute atomic E-state index is 11.9. The van der Waals surface area contributed by atoms with E-state index in [2.05, 4.69) is 5.32 Å². The fourth-order valence-electron chi connectivity index (χ4n) is 2.49. The van der Waals surface area contributed by atoms with E-state index in [0.29, 0.717) is 25.1 Å². The molecule has 0 fully saturated rings. The number of aliphatic hydroxyl groups excluding tert-OH is 1. The number of aliphatic hydroxyl groups is 1. The number of rotatable bonds is 12. The molecule has 0 atom stereocenters. The summed E-state index contributed by atoms with van der Waals surface area (Å²) in [5, 5.41) is 12.6. The molecular weight excluding hydrogens is 350 g/mol. The largest absolute Gasteiger partial charge is 0.395 e. The first kappa shape index (κ1) is 22.9. The van der Waals surface area contributed by atoms with E-state index >= 15 is 0 Å². The minimum absolute atomic E-state index is 0.131. The van der Waals surface area contributed by atoms with Crippen molar-refractivity contribution < 1.29 is 19.5 Å². The Balaban J connectivity index is 2.38. The molecule has 0 aliphatic heterocycles. The summed E-state index contributed by atoms with van der Waals surface area (Å²) in [7, 11) is 0. The zero-order chi connectivity index (χ0) is 20.3. The molecule has 27 heavy (non-hydrogen) atoms. The van der Waals surface area contributed by atoms with Crippen molar-refractivity contribution in [1.82, 2.24) is 14.9 Å². The number of hydrogen-bond donors (Lipinski definition) is 2. The summed E-state index contributed by atoms with van der Waals surface area (Å²) in [6.45, 7) is 6.76. The van der Waals surface area contributed by atoms with E-state index in [9.17, 15) is 14.4 Å². The van der Waals surface area contributed by atoms with Gasteiger partial charge in [-0.1, -0.05) is 12.8 Å². The summed E-state index contributed by atoms with van der Waals surface area (Å²) in [6.07, 6.45) is 5.65. The van der Waals surface area contributed by atoms with Crippen molar-refractivity contribution in [2.45, 2.75) is 58.6 Å². The Hall–Kier alpha value is -2.19. The van der Waals surface area contributed by atoms with Crippen LogP contribution in [0.2, 0.25) is 0 Å². The summed E-state index contributed by atoms with van der Waals surface area (Å²) in [4.78, 5) is 40.3. The zero-order valence-electron chi connectivity index (χ0n) is 16.4. The molecular formula is C19H31N3O5. The first-order chi connectivity index (χ1) is 12.8. The molecule has 2 amide bonds. The van der Waals surface area contributed by atoms with Crippen LogP contribution >= 0.6 is 0 Å². The molecule has 0 radical (unpaired) electrons. The van der Waals surface area contributed by atoms with Gasteiger partial charge in [0.1, 0.15) is 0 Å². The number of carbonyl (C=O) groups is 2. The Labute approximate surface area is 160 Å². The fraction of sp³-hybridized carbons (Fsp3) is 0.632.